The fourth-order valence-corrected chi connectivity index (χ4v) is 3.58. The smallest absolute Gasteiger partial charge is 0.123 e. The first kappa shape index (κ1) is 13.7. The van der Waals surface area contributed by atoms with E-state index in [1.807, 2.05) is 0 Å². The summed E-state index contributed by atoms with van der Waals surface area (Å²) in [5.74, 6) is -0.207. The number of nitrogens with zero attached hydrogens (tertiary/aromatic N) is 1. The Bertz CT molecular complexity index is 570. The van der Waals surface area contributed by atoms with Gasteiger partial charge in [0.05, 0.1) is 5.69 Å². The zero-order valence-electron chi connectivity index (χ0n) is 11.7. The molecule has 0 atom stereocenters. The largest absolute Gasteiger partial charge is 0.306 e. The Morgan fingerprint density at radius 1 is 1.25 bits per heavy atom. The van der Waals surface area contributed by atoms with Crippen molar-refractivity contribution in [2.45, 2.75) is 44.7 Å². The van der Waals surface area contributed by atoms with E-state index in [2.05, 4.69) is 22.6 Å². The summed E-state index contributed by atoms with van der Waals surface area (Å²) < 4.78 is 12.9. The van der Waals surface area contributed by atoms with Crippen molar-refractivity contribution in [2.75, 3.05) is 0 Å². The van der Waals surface area contributed by atoms with Gasteiger partial charge in [0.15, 0.2) is 0 Å². The van der Waals surface area contributed by atoms with E-state index >= 15 is 0 Å². The zero-order chi connectivity index (χ0) is 14.0. The summed E-state index contributed by atoms with van der Waals surface area (Å²) >= 11 is 1.62. The molecule has 1 aliphatic carbocycles. The highest BCUT2D eigenvalue weighted by Gasteiger charge is 2.27. The fourth-order valence-electron chi connectivity index (χ4n) is 2.75. The topological polar surface area (TPSA) is 24.9 Å². The quantitative estimate of drug-likeness (QED) is 0.904. The molecule has 106 valence electrons. The van der Waals surface area contributed by atoms with E-state index < -0.39 is 0 Å². The molecule has 1 aromatic carbocycles. The minimum Gasteiger partial charge on any atom is -0.306 e. The lowest BCUT2D eigenvalue weighted by atomic mass is 10.0. The Morgan fingerprint density at radius 3 is 2.65 bits per heavy atom. The van der Waals surface area contributed by atoms with E-state index in [0.717, 1.165) is 22.8 Å². The van der Waals surface area contributed by atoms with Crippen molar-refractivity contribution in [3.05, 3.63) is 41.2 Å². The Morgan fingerprint density at radius 2 is 1.95 bits per heavy atom. The maximum absolute atomic E-state index is 12.9. The predicted octanol–water partition coefficient (Wildman–Crippen LogP) is 4.37. The van der Waals surface area contributed by atoms with Crippen LogP contribution in [-0.2, 0) is 6.54 Å². The molecule has 1 saturated carbocycles. The molecule has 0 amide bonds. The number of hydrogen-bond acceptors (Lipinski definition) is 3. The molecule has 1 aliphatic rings. The molecule has 1 N–H and O–H groups in total. The standard InChI is InChI=1S/C16H19FN2S/c1-16(8-2-3-9-16)18-10-14-11-20-15(19-14)12-4-6-13(17)7-5-12/h4-7,11,18H,2-3,8-10H2,1H3. The summed E-state index contributed by atoms with van der Waals surface area (Å²) in [6, 6.07) is 6.52. The van der Waals surface area contributed by atoms with Crippen molar-refractivity contribution in [1.29, 1.82) is 0 Å². The molecule has 0 aliphatic heterocycles. The van der Waals surface area contributed by atoms with Crippen LogP contribution in [0.3, 0.4) is 0 Å². The number of hydrogen-bond donors (Lipinski definition) is 1. The molecule has 0 bridgehead atoms. The zero-order valence-corrected chi connectivity index (χ0v) is 12.5. The minimum atomic E-state index is -0.207. The van der Waals surface area contributed by atoms with Crippen molar-refractivity contribution >= 4 is 11.3 Å². The van der Waals surface area contributed by atoms with Crippen LogP contribution in [0.25, 0.3) is 10.6 Å². The van der Waals surface area contributed by atoms with Crippen molar-refractivity contribution in [3.8, 4) is 10.6 Å². The van der Waals surface area contributed by atoms with Gasteiger partial charge in [-0.05, 0) is 44.0 Å². The predicted molar refractivity (Wildman–Crippen MR) is 81.2 cm³/mol. The van der Waals surface area contributed by atoms with Crippen LogP contribution in [0.1, 0.15) is 38.3 Å². The average molecular weight is 290 g/mol. The van der Waals surface area contributed by atoms with Gasteiger partial charge in [0.25, 0.3) is 0 Å². The van der Waals surface area contributed by atoms with Gasteiger partial charge in [-0.1, -0.05) is 12.8 Å². The van der Waals surface area contributed by atoms with Crippen molar-refractivity contribution < 1.29 is 4.39 Å². The van der Waals surface area contributed by atoms with Crippen molar-refractivity contribution in [3.63, 3.8) is 0 Å². The molecule has 1 fully saturated rings. The van der Waals surface area contributed by atoms with Crippen molar-refractivity contribution in [2.24, 2.45) is 0 Å². The normalized spacial score (nSPS) is 17.5. The third kappa shape index (κ3) is 3.07. The van der Waals surface area contributed by atoms with Crippen molar-refractivity contribution in [1.82, 2.24) is 10.3 Å². The second kappa shape index (κ2) is 5.62. The van der Waals surface area contributed by atoms with Gasteiger partial charge in [-0.3, -0.25) is 0 Å². The molecule has 1 heterocycles. The molecular formula is C16H19FN2S. The summed E-state index contributed by atoms with van der Waals surface area (Å²) in [5, 5.41) is 6.68. The van der Waals surface area contributed by atoms with Gasteiger partial charge in [-0.25, -0.2) is 9.37 Å². The lowest BCUT2D eigenvalue weighted by Crippen LogP contribution is -2.38. The maximum Gasteiger partial charge on any atom is 0.123 e. The van der Waals surface area contributed by atoms with Crippen LogP contribution >= 0.6 is 11.3 Å². The fraction of sp³-hybridized carbons (Fsp3) is 0.438. The lowest BCUT2D eigenvalue weighted by molar-refractivity contribution is 0.361. The molecule has 20 heavy (non-hydrogen) atoms. The van der Waals surface area contributed by atoms with E-state index in [0.29, 0.717) is 0 Å². The Labute approximate surface area is 123 Å². The summed E-state index contributed by atoms with van der Waals surface area (Å²) in [4.78, 5) is 4.64. The number of halogens is 1. The Kier molecular flexibility index (Phi) is 3.85. The van der Waals surface area contributed by atoms with Gasteiger partial charge in [0.1, 0.15) is 10.8 Å². The highest BCUT2D eigenvalue weighted by Crippen LogP contribution is 2.29. The second-order valence-electron chi connectivity index (χ2n) is 5.77. The lowest BCUT2D eigenvalue weighted by Gasteiger charge is -2.24. The highest BCUT2D eigenvalue weighted by atomic mass is 32.1. The molecule has 0 unspecified atom stereocenters. The molecule has 3 rings (SSSR count). The number of rotatable bonds is 4. The van der Waals surface area contributed by atoms with Gasteiger partial charge in [0, 0.05) is 23.0 Å². The third-order valence-electron chi connectivity index (χ3n) is 4.05. The second-order valence-corrected chi connectivity index (χ2v) is 6.63. The first-order valence-corrected chi connectivity index (χ1v) is 7.98. The molecule has 0 saturated heterocycles. The van der Waals surface area contributed by atoms with E-state index in [1.54, 1.807) is 23.5 Å². The summed E-state index contributed by atoms with van der Waals surface area (Å²) in [6.45, 7) is 3.11. The van der Waals surface area contributed by atoms with Gasteiger partial charge < -0.3 is 5.32 Å². The minimum absolute atomic E-state index is 0.207. The van der Waals surface area contributed by atoms with Gasteiger partial charge in [-0.15, -0.1) is 11.3 Å². The first-order chi connectivity index (χ1) is 9.65. The van der Waals surface area contributed by atoms with Crippen LogP contribution in [0, 0.1) is 5.82 Å². The van der Waals surface area contributed by atoms with Gasteiger partial charge >= 0.3 is 0 Å². The van der Waals surface area contributed by atoms with Crippen LogP contribution in [0.15, 0.2) is 29.6 Å². The number of thiazole rings is 1. The first-order valence-electron chi connectivity index (χ1n) is 7.10. The molecule has 0 radical (unpaired) electrons. The molecule has 1 aromatic heterocycles. The van der Waals surface area contributed by atoms with Crippen LogP contribution in [0.5, 0.6) is 0 Å². The molecular weight excluding hydrogens is 271 g/mol. The summed E-state index contributed by atoms with van der Waals surface area (Å²) in [7, 11) is 0. The van der Waals surface area contributed by atoms with E-state index in [-0.39, 0.29) is 11.4 Å². The third-order valence-corrected chi connectivity index (χ3v) is 4.99. The molecule has 4 heteroatoms. The molecule has 2 aromatic rings. The Hall–Kier alpha value is -1.26. The average Bonchev–Trinajstić information content (AvgIpc) is 3.07. The maximum atomic E-state index is 12.9. The monoisotopic (exact) mass is 290 g/mol. The molecule has 2 nitrogen and oxygen atoms in total. The highest BCUT2D eigenvalue weighted by molar-refractivity contribution is 7.13. The van der Waals surface area contributed by atoms with Gasteiger partial charge in [0.2, 0.25) is 0 Å². The van der Waals surface area contributed by atoms with Crippen LogP contribution < -0.4 is 5.32 Å². The van der Waals surface area contributed by atoms with Crippen LogP contribution in [0.2, 0.25) is 0 Å². The van der Waals surface area contributed by atoms with Crippen LogP contribution in [0.4, 0.5) is 4.39 Å². The van der Waals surface area contributed by atoms with E-state index in [1.165, 1.54) is 37.8 Å². The summed E-state index contributed by atoms with van der Waals surface area (Å²) in [6.07, 6.45) is 5.15. The number of benzene rings is 1. The van der Waals surface area contributed by atoms with E-state index in [9.17, 15) is 4.39 Å². The molecule has 0 spiro atoms. The van der Waals surface area contributed by atoms with Crippen LogP contribution in [-0.4, -0.2) is 10.5 Å². The Balaban J connectivity index is 1.66. The number of nitrogens with one attached hydrogen (secondary N) is 1. The SMILES string of the molecule is CC1(NCc2csc(-c3ccc(F)cc3)n2)CCCC1. The summed E-state index contributed by atoms with van der Waals surface area (Å²) in [5.41, 5.74) is 2.33. The van der Waals surface area contributed by atoms with Gasteiger partial charge in [-0.2, -0.15) is 0 Å². The van der Waals surface area contributed by atoms with E-state index in [4.69, 9.17) is 0 Å². The number of aromatic nitrogens is 1.